The first kappa shape index (κ1) is 21.0. The van der Waals surface area contributed by atoms with Gasteiger partial charge in [0.05, 0.1) is 25.3 Å². The van der Waals surface area contributed by atoms with Crippen LogP contribution >= 0.6 is 14.7 Å². The average Bonchev–Trinajstić information content (AvgIpc) is 2.47. The molecule has 8 nitrogen and oxygen atoms in total. The fraction of sp³-hybridized carbons (Fsp3) is 0.571. The molecule has 10 heteroatoms. The summed E-state index contributed by atoms with van der Waals surface area (Å²) in [4.78, 5) is 10.3. The summed E-state index contributed by atoms with van der Waals surface area (Å²) >= 11 is 0. The minimum absolute atomic E-state index is 0.0724. The molecule has 0 saturated carbocycles. The van der Waals surface area contributed by atoms with Crippen LogP contribution in [0.15, 0.2) is 24.3 Å². The van der Waals surface area contributed by atoms with Gasteiger partial charge in [-0.15, -0.1) is 0 Å². The van der Waals surface area contributed by atoms with Crippen molar-refractivity contribution in [2.45, 2.75) is 19.6 Å². The van der Waals surface area contributed by atoms with Crippen molar-refractivity contribution in [3.8, 4) is 0 Å². The summed E-state index contributed by atoms with van der Waals surface area (Å²) in [6, 6.07) is 5.64. The molecule has 0 aliphatic carbocycles. The zero-order valence-electron chi connectivity index (χ0n) is 14.3. The van der Waals surface area contributed by atoms with Crippen LogP contribution in [0.5, 0.6) is 0 Å². The molecule has 136 valence electrons. The number of nitro benzene ring substituents is 1. The summed E-state index contributed by atoms with van der Waals surface area (Å²) in [7, 11) is -6.00. The van der Waals surface area contributed by atoms with Gasteiger partial charge in [0.25, 0.3) is 5.69 Å². The second-order valence-corrected chi connectivity index (χ2v) is 11.1. The van der Waals surface area contributed by atoms with Crippen LogP contribution in [0.1, 0.15) is 25.2 Å². The maximum absolute atomic E-state index is 13.1. The summed E-state index contributed by atoms with van der Waals surface area (Å²) in [6.45, 7) is 6.97. The van der Waals surface area contributed by atoms with Crippen LogP contribution in [0, 0.1) is 10.1 Å². The van der Waals surface area contributed by atoms with Gasteiger partial charge in [0.2, 0.25) is 0 Å². The third-order valence-corrected chi connectivity index (χ3v) is 6.31. The molecular weight excluding hydrogens is 354 g/mol. The highest BCUT2D eigenvalue weighted by Gasteiger charge is 2.37. The van der Waals surface area contributed by atoms with E-state index in [-0.39, 0.29) is 25.2 Å². The molecule has 1 N–H and O–H groups in total. The summed E-state index contributed by atoms with van der Waals surface area (Å²) in [5, 5.41) is 13.8. The lowest BCUT2D eigenvalue weighted by molar-refractivity contribution is -0.384. The largest absolute Gasteiger partial charge is 0.351 e. The minimum atomic E-state index is -3.58. The minimum Gasteiger partial charge on any atom is -0.323 e. The van der Waals surface area contributed by atoms with Gasteiger partial charge >= 0.3 is 7.60 Å². The fourth-order valence-corrected chi connectivity index (χ4v) is 4.75. The van der Waals surface area contributed by atoms with E-state index in [4.69, 9.17) is 9.05 Å². The molecule has 1 unspecified atom stereocenters. The molecule has 1 rings (SSSR count). The van der Waals surface area contributed by atoms with Crippen LogP contribution in [0.25, 0.3) is 0 Å². The lowest BCUT2D eigenvalue weighted by Gasteiger charge is -2.28. The Labute approximate surface area is 142 Å². The van der Waals surface area contributed by atoms with Gasteiger partial charge < -0.3 is 13.6 Å². The van der Waals surface area contributed by atoms with Crippen molar-refractivity contribution in [2.75, 3.05) is 32.8 Å². The Morgan fingerprint density at radius 3 is 2.00 bits per heavy atom. The van der Waals surface area contributed by atoms with Crippen LogP contribution in [0.4, 0.5) is 5.69 Å². The maximum Gasteiger partial charge on any atom is 0.351 e. The van der Waals surface area contributed by atoms with Gasteiger partial charge in [-0.05, 0) is 44.9 Å². The van der Waals surface area contributed by atoms with Crippen molar-refractivity contribution < 1.29 is 23.1 Å². The number of benzene rings is 1. The summed E-state index contributed by atoms with van der Waals surface area (Å²) < 4.78 is 35.9. The van der Waals surface area contributed by atoms with Crippen LogP contribution in [-0.2, 0) is 18.2 Å². The van der Waals surface area contributed by atoms with E-state index in [1.165, 1.54) is 24.3 Å². The van der Waals surface area contributed by atoms with E-state index < -0.39 is 25.4 Å². The molecule has 0 bridgehead atoms. The summed E-state index contributed by atoms with van der Waals surface area (Å²) in [6.07, 6.45) is 0.138. The van der Waals surface area contributed by atoms with E-state index in [1.807, 2.05) is 0 Å². The Morgan fingerprint density at radius 2 is 1.62 bits per heavy atom. The van der Waals surface area contributed by atoms with Crippen molar-refractivity contribution >= 4 is 20.4 Å². The number of rotatable bonds is 10. The van der Waals surface area contributed by atoms with E-state index in [0.717, 1.165) is 0 Å². The van der Waals surface area contributed by atoms with Crippen molar-refractivity contribution in [2.24, 2.45) is 0 Å². The Morgan fingerprint density at radius 1 is 1.12 bits per heavy atom. The highest BCUT2D eigenvalue weighted by molar-refractivity contribution is 7.62. The first-order chi connectivity index (χ1) is 11.1. The Bertz CT molecular complexity index is 633. The van der Waals surface area contributed by atoms with E-state index >= 15 is 0 Å². The lowest BCUT2D eigenvalue weighted by atomic mass is 10.2. The second-order valence-electron chi connectivity index (χ2n) is 5.56. The molecule has 0 saturated heterocycles. The number of hydrogen-bond donors (Lipinski definition) is 1. The van der Waals surface area contributed by atoms with Crippen molar-refractivity contribution in [3.05, 3.63) is 39.9 Å². The molecule has 1 aromatic carbocycles. The quantitative estimate of drug-likeness (QED) is 0.372. The van der Waals surface area contributed by atoms with Gasteiger partial charge in [0.15, 0.2) is 0 Å². The molecule has 24 heavy (non-hydrogen) atoms. The molecule has 0 aliphatic rings. The van der Waals surface area contributed by atoms with Gasteiger partial charge in [0.1, 0.15) is 5.78 Å². The number of non-ortho nitro benzene ring substituents is 1. The van der Waals surface area contributed by atoms with Gasteiger partial charge in [0, 0.05) is 18.4 Å². The van der Waals surface area contributed by atoms with Gasteiger partial charge in [-0.25, -0.2) is 0 Å². The highest BCUT2D eigenvalue weighted by Crippen LogP contribution is 2.60. The number of nitro groups is 1. The zero-order valence-corrected chi connectivity index (χ0v) is 16.1. The Hall–Kier alpha value is -1.04. The summed E-state index contributed by atoms with van der Waals surface area (Å²) in [5.41, 5.74) is 0.441. The molecule has 0 amide bonds. The number of nitrogens with zero attached hydrogens (tertiary/aromatic N) is 1. The molecule has 0 radical (unpaired) electrons. The number of hydrogen-bond acceptors (Lipinski definition) is 7. The predicted molar refractivity (Wildman–Crippen MR) is 94.2 cm³/mol. The third kappa shape index (κ3) is 6.11. The van der Waals surface area contributed by atoms with Crippen molar-refractivity contribution in [3.63, 3.8) is 0 Å². The molecule has 0 aromatic heterocycles. The smallest absolute Gasteiger partial charge is 0.323 e. The Kier molecular flexibility index (Phi) is 7.77. The standard InChI is InChI=1S/C14H24N2O6P2/c1-5-21-24(20,22-6-2)14(15-11-23(3,4)19)12-7-9-13(10-8-12)16(17)18/h7-10,14-15H,5-6,11H2,1-4H3. The second kappa shape index (κ2) is 8.88. The van der Waals surface area contributed by atoms with Crippen LogP contribution < -0.4 is 5.32 Å². The molecule has 0 spiro atoms. The van der Waals surface area contributed by atoms with E-state index in [9.17, 15) is 19.2 Å². The molecule has 0 heterocycles. The van der Waals surface area contributed by atoms with Gasteiger partial charge in [-0.1, -0.05) is 0 Å². The molecule has 0 aliphatic heterocycles. The van der Waals surface area contributed by atoms with E-state index in [2.05, 4.69) is 5.32 Å². The predicted octanol–water partition coefficient (Wildman–Crippen LogP) is 4.03. The van der Waals surface area contributed by atoms with Crippen LogP contribution in [-0.4, -0.2) is 37.8 Å². The van der Waals surface area contributed by atoms with Gasteiger partial charge in [-0.2, -0.15) is 0 Å². The van der Waals surface area contributed by atoms with E-state index in [0.29, 0.717) is 5.56 Å². The highest BCUT2D eigenvalue weighted by atomic mass is 31.2. The lowest BCUT2D eigenvalue weighted by Crippen LogP contribution is -2.24. The monoisotopic (exact) mass is 378 g/mol. The van der Waals surface area contributed by atoms with Crippen LogP contribution in [0.2, 0.25) is 0 Å². The molecule has 0 fully saturated rings. The van der Waals surface area contributed by atoms with Gasteiger partial charge in [-0.3, -0.25) is 20.0 Å². The molecule has 1 atom stereocenters. The van der Waals surface area contributed by atoms with Crippen LogP contribution in [0.3, 0.4) is 0 Å². The first-order valence-electron chi connectivity index (χ1n) is 7.53. The summed E-state index contributed by atoms with van der Waals surface area (Å²) in [5.74, 6) is -0.855. The SMILES string of the molecule is CCOP(=O)(OCC)C(NCP(C)(C)=O)c1ccc([N+](=O)[O-])cc1. The maximum atomic E-state index is 13.1. The van der Waals surface area contributed by atoms with Crippen molar-refractivity contribution in [1.82, 2.24) is 5.32 Å². The zero-order chi connectivity index (χ0) is 18.4. The normalized spacial score (nSPS) is 13.7. The topological polar surface area (TPSA) is 108 Å². The Balaban J connectivity index is 3.22. The molecule has 1 aromatic rings. The fourth-order valence-electron chi connectivity index (χ4n) is 2.04. The average molecular weight is 378 g/mol. The van der Waals surface area contributed by atoms with E-state index in [1.54, 1.807) is 27.2 Å². The number of nitrogens with one attached hydrogen (secondary N) is 1. The van der Waals surface area contributed by atoms with Crippen molar-refractivity contribution in [1.29, 1.82) is 0 Å². The first-order valence-corrected chi connectivity index (χ1v) is 11.9. The third-order valence-electron chi connectivity index (χ3n) is 3.02. The molecular formula is C14H24N2O6P2.